The quantitative estimate of drug-likeness (QED) is 0.454. The first kappa shape index (κ1) is 22.1. The molecular weight excluding hydrogens is 446 g/mol. The highest BCUT2D eigenvalue weighted by atomic mass is 32.2. The first-order valence-corrected chi connectivity index (χ1v) is 13.1. The fourth-order valence-corrected chi connectivity index (χ4v) is 5.72. The number of aryl methyl sites for hydroxylation is 1. The molecule has 1 aliphatic rings. The number of hydrogen-bond donors (Lipinski definition) is 2. The zero-order chi connectivity index (χ0) is 21.5. The summed E-state index contributed by atoms with van der Waals surface area (Å²) in [5, 5.41) is 15.3. The van der Waals surface area contributed by atoms with Crippen molar-refractivity contribution in [1.29, 1.82) is 0 Å². The van der Waals surface area contributed by atoms with Gasteiger partial charge in [0.1, 0.15) is 0 Å². The van der Waals surface area contributed by atoms with Crippen LogP contribution in [0.4, 0.5) is 16.5 Å². The van der Waals surface area contributed by atoms with E-state index in [1.54, 1.807) is 0 Å². The number of carbonyl (C=O) groups is 1. The Bertz CT molecular complexity index is 1000. The standard InChI is InChI=1S/C22H25N5OS3/c1-16-5-7-18(8-6-16)24-21-25-26-22(31-21)30-15-20(28)23-19-4-2-3-17(13-19)14-27-9-11-29-12-10-27/h2-8,13H,9-12,14-15H2,1H3,(H,23,28)(H,24,25). The lowest BCUT2D eigenvalue weighted by Gasteiger charge is -2.26. The van der Waals surface area contributed by atoms with Crippen LogP contribution in [0, 0.1) is 6.92 Å². The van der Waals surface area contributed by atoms with Crippen LogP contribution < -0.4 is 10.6 Å². The van der Waals surface area contributed by atoms with Gasteiger partial charge in [0, 0.05) is 42.5 Å². The number of hydrogen-bond acceptors (Lipinski definition) is 8. The largest absolute Gasteiger partial charge is 0.330 e. The van der Waals surface area contributed by atoms with E-state index in [-0.39, 0.29) is 5.91 Å². The molecule has 3 aromatic rings. The predicted molar refractivity (Wildman–Crippen MR) is 133 cm³/mol. The molecular formula is C22H25N5OS3. The number of amides is 1. The number of carbonyl (C=O) groups excluding carboxylic acids is 1. The molecule has 0 unspecified atom stereocenters. The molecule has 0 atom stereocenters. The summed E-state index contributed by atoms with van der Waals surface area (Å²) in [6.07, 6.45) is 0. The van der Waals surface area contributed by atoms with E-state index >= 15 is 0 Å². The van der Waals surface area contributed by atoms with Gasteiger partial charge in [-0.15, -0.1) is 10.2 Å². The molecule has 2 aromatic carbocycles. The molecule has 2 heterocycles. The van der Waals surface area contributed by atoms with Crippen molar-refractivity contribution in [3.8, 4) is 0 Å². The Labute approximate surface area is 195 Å². The number of nitrogens with zero attached hydrogens (tertiary/aromatic N) is 3. The first-order chi connectivity index (χ1) is 15.1. The molecule has 1 amide bonds. The van der Waals surface area contributed by atoms with E-state index in [0.29, 0.717) is 5.75 Å². The summed E-state index contributed by atoms with van der Waals surface area (Å²) in [4.78, 5) is 14.9. The number of anilines is 3. The summed E-state index contributed by atoms with van der Waals surface area (Å²) in [6.45, 7) is 5.24. The van der Waals surface area contributed by atoms with Crippen molar-refractivity contribution < 1.29 is 4.79 Å². The smallest absolute Gasteiger partial charge is 0.234 e. The molecule has 1 aliphatic heterocycles. The molecule has 0 radical (unpaired) electrons. The maximum Gasteiger partial charge on any atom is 0.234 e. The van der Waals surface area contributed by atoms with Gasteiger partial charge in [0.25, 0.3) is 0 Å². The Morgan fingerprint density at radius 2 is 1.90 bits per heavy atom. The van der Waals surface area contributed by atoms with Crippen LogP contribution in [0.1, 0.15) is 11.1 Å². The third-order valence-corrected chi connectivity index (χ3v) is 7.67. The van der Waals surface area contributed by atoms with E-state index in [0.717, 1.165) is 40.5 Å². The SMILES string of the molecule is Cc1ccc(Nc2nnc(SCC(=O)Nc3cccc(CN4CCSCC4)c3)s2)cc1. The zero-order valence-electron chi connectivity index (χ0n) is 17.3. The summed E-state index contributed by atoms with van der Waals surface area (Å²) in [5.41, 5.74) is 4.25. The summed E-state index contributed by atoms with van der Waals surface area (Å²) in [6, 6.07) is 16.2. The van der Waals surface area contributed by atoms with Gasteiger partial charge in [0.2, 0.25) is 11.0 Å². The van der Waals surface area contributed by atoms with E-state index in [2.05, 4.69) is 44.8 Å². The fourth-order valence-electron chi connectivity index (χ4n) is 3.17. The van der Waals surface area contributed by atoms with Gasteiger partial charge in [0.15, 0.2) is 4.34 Å². The van der Waals surface area contributed by atoms with Crippen molar-refractivity contribution in [3.05, 3.63) is 59.7 Å². The van der Waals surface area contributed by atoms with Crippen LogP contribution in [0.2, 0.25) is 0 Å². The van der Waals surface area contributed by atoms with Crippen LogP contribution in [0.15, 0.2) is 52.9 Å². The van der Waals surface area contributed by atoms with Gasteiger partial charge in [-0.1, -0.05) is 52.9 Å². The number of nitrogens with one attached hydrogen (secondary N) is 2. The molecule has 162 valence electrons. The lowest BCUT2D eigenvalue weighted by atomic mass is 10.2. The van der Waals surface area contributed by atoms with E-state index < -0.39 is 0 Å². The molecule has 31 heavy (non-hydrogen) atoms. The van der Waals surface area contributed by atoms with E-state index in [9.17, 15) is 4.79 Å². The molecule has 1 saturated heterocycles. The number of rotatable bonds is 8. The minimum atomic E-state index is -0.0419. The van der Waals surface area contributed by atoms with Crippen molar-refractivity contribution >= 4 is 57.3 Å². The predicted octanol–water partition coefficient (Wildman–Crippen LogP) is 4.87. The molecule has 0 aliphatic carbocycles. The average Bonchev–Trinajstić information content (AvgIpc) is 3.22. The van der Waals surface area contributed by atoms with Crippen LogP contribution in [-0.2, 0) is 11.3 Å². The van der Waals surface area contributed by atoms with Crippen molar-refractivity contribution in [2.45, 2.75) is 17.8 Å². The summed E-state index contributed by atoms with van der Waals surface area (Å²) in [7, 11) is 0. The van der Waals surface area contributed by atoms with E-state index in [4.69, 9.17) is 0 Å². The lowest BCUT2D eigenvalue weighted by Crippen LogP contribution is -2.31. The van der Waals surface area contributed by atoms with Crippen molar-refractivity contribution in [2.24, 2.45) is 0 Å². The van der Waals surface area contributed by atoms with Gasteiger partial charge in [-0.3, -0.25) is 9.69 Å². The Kier molecular flexibility index (Phi) is 7.85. The number of benzene rings is 2. The summed E-state index contributed by atoms with van der Waals surface area (Å²) < 4.78 is 0.765. The normalized spacial score (nSPS) is 14.4. The monoisotopic (exact) mass is 471 g/mol. The van der Waals surface area contributed by atoms with Crippen LogP contribution >= 0.6 is 34.9 Å². The molecule has 2 N–H and O–H groups in total. The van der Waals surface area contributed by atoms with Crippen LogP contribution in [0.5, 0.6) is 0 Å². The topological polar surface area (TPSA) is 70.1 Å². The lowest BCUT2D eigenvalue weighted by molar-refractivity contribution is -0.113. The van der Waals surface area contributed by atoms with Gasteiger partial charge in [-0.25, -0.2) is 0 Å². The molecule has 0 bridgehead atoms. The Balaban J connectivity index is 1.25. The minimum absolute atomic E-state index is 0.0419. The van der Waals surface area contributed by atoms with Gasteiger partial charge in [0.05, 0.1) is 5.75 Å². The average molecular weight is 472 g/mol. The molecule has 4 rings (SSSR count). The highest BCUT2D eigenvalue weighted by Crippen LogP contribution is 2.28. The second-order valence-electron chi connectivity index (χ2n) is 7.29. The molecule has 1 fully saturated rings. The highest BCUT2D eigenvalue weighted by Gasteiger charge is 2.12. The summed E-state index contributed by atoms with van der Waals surface area (Å²) in [5.74, 6) is 2.65. The second-order valence-corrected chi connectivity index (χ2v) is 10.7. The van der Waals surface area contributed by atoms with Gasteiger partial charge < -0.3 is 10.6 Å². The van der Waals surface area contributed by atoms with E-state index in [1.807, 2.05) is 48.2 Å². The van der Waals surface area contributed by atoms with Crippen molar-refractivity contribution in [3.63, 3.8) is 0 Å². The fraction of sp³-hybridized carbons (Fsp3) is 0.318. The summed E-state index contributed by atoms with van der Waals surface area (Å²) >= 11 is 4.85. The van der Waals surface area contributed by atoms with Crippen LogP contribution in [0.25, 0.3) is 0 Å². The van der Waals surface area contributed by atoms with E-state index in [1.165, 1.54) is 45.7 Å². The third-order valence-electron chi connectivity index (χ3n) is 4.76. The molecule has 9 heteroatoms. The van der Waals surface area contributed by atoms with Crippen LogP contribution in [0.3, 0.4) is 0 Å². The van der Waals surface area contributed by atoms with Crippen LogP contribution in [-0.4, -0.2) is 51.4 Å². The Hall–Kier alpha value is -2.07. The highest BCUT2D eigenvalue weighted by molar-refractivity contribution is 8.01. The van der Waals surface area contributed by atoms with Gasteiger partial charge in [-0.2, -0.15) is 11.8 Å². The maximum absolute atomic E-state index is 12.4. The zero-order valence-corrected chi connectivity index (χ0v) is 19.8. The van der Waals surface area contributed by atoms with Gasteiger partial charge >= 0.3 is 0 Å². The molecule has 0 spiro atoms. The first-order valence-electron chi connectivity index (χ1n) is 10.1. The van der Waals surface area contributed by atoms with Crippen molar-refractivity contribution in [1.82, 2.24) is 15.1 Å². The number of thioether (sulfide) groups is 2. The minimum Gasteiger partial charge on any atom is -0.330 e. The molecule has 0 saturated carbocycles. The Morgan fingerprint density at radius 3 is 2.71 bits per heavy atom. The third kappa shape index (κ3) is 6.96. The molecule has 1 aromatic heterocycles. The maximum atomic E-state index is 12.4. The number of aromatic nitrogens is 2. The molecule has 6 nitrogen and oxygen atoms in total. The second kappa shape index (κ2) is 11.0. The van der Waals surface area contributed by atoms with Gasteiger partial charge in [-0.05, 0) is 36.8 Å². The Morgan fingerprint density at radius 1 is 1.10 bits per heavy atom. The van der Waals surface area contributed by atoms with Crippen molar-refractivity contribution in [2.75, 3.05) is 41.0 Å².